The monoisotopic (exact) mass is 1910 g/mol. The molecule has 0 aliphatic carbocycles. The average molecular weight is 1920 g/mol. The van der Waals surface area contributed by atoms with Gasteiger partial charge in [0.1, 0.15) is 0 Å². The first-order valence-corrected chi connectivity index (χ1v) is 40.0. The van der Waals surface area contributed by atoms with Gasteiger partial charge < -0.3 is 6.42 Å². The van der Waals surface area contributed by atoms with Crippen LogP contribution in [0.5, 0.6) is 0 Å². The topological polar surface area (TPSA) is 208 Å². The number of hydrogen-bond donors (Lipinski definition) is 0. The summed E-state index contributed by atoms with van der Waals surface area (Å²) >= 11 is 0. The Morgan fingerprint density at radius 3 is 0.614 bits per heavy atom. The second kappa shape index (κ2) is 55.5. The van der Waals surface area contributed by atoms with E-state index < -0.39 is 18.1 Å². The van der Waals surface area contributed by atoms with Gasteiger partial charge in [0, 0.05) is 24.8 Å². The molecule has 0 aliphatic heterocycles. The van der Waals surface area contributed by atoms with Gasteiger partial charge >= 0.3 is 99.0 Å². The Kier molecular flexibility index (Phi) is 48.1. The fraction of sp³-hybridized carbons (Fsp3) is 0.0700. The van der Waals surface area contributed by atoms with Gasteiger partial charge in [-0.25, -0.2) is 33.2 Å². The Morgan fingerprint density at radius 2 is 0.457 bits per heavy atom. The molecule has 0 amide bonds. The summed E-state index contributed by atoms with van der Waals surface area (Å²) in [6.07, 6.45) is 13.8. The van der Waals surface area contributed by atoms with Crippen LogP contribution in [0.4, 0.5) is 42.2 Å². The van der Waals surface area contributed by atoms with Crippen LogP contribution in [0.15, 0.2) is 352 Å². The Balaban J connectivity index is 0.000000487. The van der Waals surface area contributed by atoms with Gasteiger partial charge in [0.15, 0.2) is 17.1 Å². The summed E-state index contributed by atoms with van der Waals surface area (Å²) in [5, 5.41) is 0. The fourth-order valence-corrected chi connectivity index (χ4v) is 10.6. The van der Waals surface area contributed by atoms with Crippen LogP contribution in [0.1, 0.15) is 46.4 Å². The van der Waals surface area contributed by atoms with Crippen LogP contribution in [0.25, 0.3) is 105 Å². The third kappa shape index (κ3) is 42.6. The van der Waals surface area contributed by atoms with E-state index in [-0.39, 0.29) is 73.4 Å². The molecule has 127 heavy (non-hydrogen) atoms. The quantitative estimate of drug-likeness (QED) is 0.0458. The molecule has 8 aromatic carbocycles. The molecule has 0 aliphatic rings. The van der Waals surface area contributed by atoms with Gasteiger partial charge in [-0.2, -0.15) is 0 Å². The normalized spacial score (nSPS) is 10.1. The number of aryl methyl sites for hydroxylation is 6. The standard InChI is InChI=1S/4C16H11N2.3C9H9N.C8H5.CH4.ClHO4.F6P.4Ni/c4*1-2-7-13(8-3-1)14-10-6-11-16(18-14)15-9-4-5-12-17-15;3*1-7-5-4-6-8(2)9(7)10-3;1-2-8-6-4-3-5-7-8;;2-1(3,4)5;1-7(2,3,4,5)6;;;;/h4*1-7,9-12H;3*4-6H,1-2H3;3-7H;1H4;(H,2,3,4,5);;;;;/q4*-1;;;;-1;;;-1;4*+2/p-1. The predicted molar refractivity (Wildman–Crippen MR) is 466 cm³/mol. The van der Waals surface area contributed by atoms with Crippen LogP contribution in [-0.4, -0.2) is 39.9 Å². The number of pyridine rings is 8. The molecule has 16 rings (SSSR count). The molecule has 0 spiro atoms. The minimum Gasteiger partial charge on any atom is -0.366 e. The van der Waals surface area contributed by atoms with Crippen molar-refractivity contribution in [3.63, 3.8) is 0 Å². The van der Waals surface area contributed by atoms with Crippen LogP contribution in [0.3, 0.4) is 0 Å². The van der Waals surface area contributed by atoms with Gasteiger partial charge in [-0.15, -0.1) is 172 Å². The Morgan fingerprint density at radius 1 is 0.276 bits per heavy atom. The van der Waals surface area contributed by atoms with Gasteiger partial charge in [-0.05, 0) is 170 Å². The van der Waals surface area contributed by atoms with Crippen LogP contribution in [0, 0.1) is 108 Å². The second-order valence-electron chi connectivity index (χ2n) is 25.5. The van der Waals surface area contributed by atoms with Gasteiger partial charge in [-0.3, -0.25) is 45.8 Å². The molecule has 0 saturated heterocycles. The van der Waals surface area contributed by atoms with Gasteiger partial charge in [-0.1, -0.05) is 153 Å². The van der Waals surface area contributed by atoms with E-state index in [4.69, 9.17) is 44.8 Å². The largest absolute Gasteiger partial charge is 2.00 e. The molecule has 0 radical (unpaired) electrons. The summed E-state index contributed by atoms with van der Waals surface area (Å²) in [5.41, 5.74) is 24.3. The minimum absolute atomic E-state index is 0. The predicted octanol–water partition coefficient (Wildman–Crippen LogP) is 23.9. The third-order valence-electron chi connectivity index (χ3n) is 16.2. The second-order valence-corrected chi connectivity index (χ2v) is 28.2. The van der Waals surface area contributed by atoms with E-state index in [1.165, 1.54) is 0 Å². The summed E-state index contributed by atoms with van der Waals surface area (Å²) in [6, 6.07) is 118. The average Bonchev–Trinajstić information content (AvgIpc) is 0.789. The molecule has 27 heteroatoms. The molecule has 8 aromatic heterocycles. The van der Waals surface area contributed by atoms with Crippen LogP contribution in [-0.2, 0) is 66.0 Å². The van der Waals surface area contributed by atoms with Crippen LogP contribution >= 0.6 is 7.81 Å². The summed E-state index contributed by atoms with van der Waals surface area (Å²) in [5.74, 6) is 2.28. The van der Waals surface area contributed by atoms with Crippen molar-refractivity contribution in [1.29, 1.82) is 0 Å². The molecular weight excluding hydrogens is 1830 g/mol. The summed E-state index contributed by atoms with van der Waals surface area (Å²) < 4.78 is 93.2. The first-order valence-electron chi connectivity index (χ1n) is 36.8. The number of nitrogens with zero attached hydrogens (tertiary/aromatic N) is 11. The van der Waals surface area contributed by atoms with E-state index in [0.717, 1.165) is 147 Å². The molecule has 16 aromatic rings. The molecule has 8 heterocycles. The first-order chi connectivity index (χ1) is 58.4. The first kappa shape index (κ1) is 110. The third-order valence-corrected chi connectivity index (χ3v) is 16.2. The number of benzene rings is 8. The van der Waals surface area contributed by atoms with E-state index in [1.54, 1.807) is 24.8 Å². The maximum atomic E-state index is 9.87. The fourth-order valence-electron chi connectivity index (χ4n) is 10.6. The van der Waals surface area contributed by atoms with E-state index in [1.807, 2.05) is 369 Å². The van der Waals surface area contributed by atoms with Crippen molar-refractivity contribution >= 4 is 24.9 Å². The van der Waals surface area contributed by atoms with E-state index in [0.29, 0.717) is 0 Å². The molecular formula is C100H80ClF6N11Ni4O4P+. The van der Waals surface area contributed by atoms with Gasteiger partial charge in [0.2, 0.25) is 0 Å². The molecule has 0 bridgehead atoms. The number of rotatable bonds is 8. The Bertz CT molecular complexity index is 5180. The maximum Gasteiger partial charge on any atom is 2.00 e. The van der Waals surface area contributed by atoms with E-state index >= 15 is 0 Å². The molecule has 0 unspecified atom stereocenters. The summed E-state index contributed by atoms with van der Waals surface area (Å²) in [7, 11) is -15.6. The van der Waals surface area contributed by atoms with Crippen molar-refractivity contribution in [3.8, 4) is 96.5 Å². The van der Waals surface area contributed by atoms with Crippen molar-refractivity contribution < 1.29 is 120 Å². The zero-order valence-electron chi connectivity index (χ0n) is 67.9. The van der Waals surface area contributed by atoms with Gasteiger partial charge in [0.05, 0.1) is 65.3 Å². The zero-order valence-corrected chi connectivity index (χ0v) is 73.5. The molecule has 0 fully saturated rings. The number of halogens is 7. The van der Waals surface area contributed by atoms with Crippen molar-refractivity contribution in [2.45, 2.75) is 49.0 Å². The van der Waals surface area contributed by atoms with Crippen molar-refractivity contribution in [2.24, 2.45) is 0 Å². The van der Waals surface area contributed by atoms with Gasteiger partial charge in [0.25, 0.3) is 0 Å². The van der Waals surface area contributed by atoms with Crippen molar-refractivity contribution in [2.75, 3.05) is 0 Å². The molecule has 0 N–H and O–H groups in total. The number of hydrogen-bond acceptors (Lipinski definition) is 12. The number of aromatic nitrogens is 8. The SMILES string of the molecule is C.F[P-](F)(F)(F)(F)F.[C-]#Cc1ccccc1.[C-]#[N+]c1c(C)cccc1C.[C-]#[N+]c1c(C)cccc1C.[C-]#[N+]c1c(C)cccc1C.[Ni+2].[Ni+2].[Ni+2].[Ni+2].[O-][Cl+3]([O-])([O-])[O-].[c-]1ccccc1-c1cccc(-c2ccccn2)n1.[c-]1ccccc1-c1cccc(-c2ccccn2)n1.[c-]1ccccc1-c1cccc(-c2ccccn2)n1.[c-]1ccccc1-c1cccc(-c2ccccn2)n1. The maximum absolute atomic E-state index is 10.7. The number of para-hydroxylation sites is 3. The van der Waals surface area contributed by atoms with E-state index in [2.05, 4.69) is 84.6 Å². The van der Waals surface area contributed by atoms with Crippen molar-refractivity contribution in [3.05, 3.63) is 456 Å². The van der Waals surface area contributed by atoms with Crippen molar-refractivity contribution in [1.82, 2.24) is 39.9 Å². The Labute approximate surface area is 780 Å². The smallest absolute Gasteiger partial charge is 0.366 e. The van der Waals surface area contributed by atoms with E-state index in [9.17, 15) is 25.2 Å². The van der Waals surface area contributed by atoms with Crippen LogP contribution < -0.4 is 18.6 Å². The molecule has 0 saturated carbocycles. The van der Waals surface area contributed by atoms with Crippen LogP contribution in [0.2, 0.25) is 0 Å². The zero-order chi connectivity index (χ0) is 88.2. The summed E-state index contributed by atoms with van der Waals surface area (Å²) in [4.78, 5) is 46.0. The molecule has 0 atom stereocenters. The Hall–Kier alpha value is -12.9. The summed E-state index contributed by atoms with van der Waals surface area (Å²) in [6.45, 7) is 32.3. The minimum atomic E-state index is -10.7. The molecule has 652 valence electrons. The molecule has 15 nitrogen and oxygen atoms in total.